The molecule has 1 heterocycles. The van der Waals surface area contributed by atoms with Crippen molar-refractivity contribution in [3.8, 4) is 0 Å². The van der Waals surface area contributed by atoms with Crippen LogP contribution >= 0.6 is 0 Å². The van der Waals surface area contributed by atoms with Gasteiger partial charge in [0.15, 0.2) is 0 Å². The fourth-order valence-electron chi connectivity index (χ4n) is 4.63. The highest BCUT2D eigenvalue weighted by Gasteiger charge is 2.35. The fourth-order valence-corrected chi connectivity index (χ4v) is 6.38. The van der Waals surface area contributed by atoms with Crippen molar-refractivity contribution in [3.63, 3.8) is 0 Å². The Hall–Kier alpha value is -3.39. The van der Waals surface area contributed by atoms with Gasteiger partial charge in [0.2, 0.25) is 11.8 Å². The second-order valence-electron chi connectivity index (χ2n) is 8.89. The van der Waals surface area contributed by atoms with Gasteiger partial charge in [-0.25, -0.2) is 8.42 Å². The van der Waals surface area contributed by atoms with Crippen molar-refractivity contribution in [2.24, 2.45) is 0 Å². The van der Waals surface area contributed by atoms with E-state index in [-0.39, 0.29) is 24.8 Å². The number of hydrogen-bond acceptors (Lipinski definition) is 4. The van der Waals surface area contributed by atoms with Gasteiger partial charge in [-0.05, 0) is 50.3 Å². The summed E-state index contributed by atoms with van der Waals surface area (Å²) in [5.41, 5.74) is 2.67. The van der Waals surface area contributed by atoms with E-state index < -0.39 is 16.1 Å². The number of amides is 2. The van der Waals surface area contributed by atoms with Gasteiger partial charge >= 0.3 is 0 Å². The maximum absolute atomic E-state index is 13.3. The maximum Gasteiger partial charge on any atom is 0.265 e. The topological polar surface area (TPSA) is 86.8 Å². The predicted molar refractivity (Wildman–Crippen MR) is 138 cm³/mol. The molecule has 8 heteroatoms. The van der Waals surface area contributed by atoms with E-state index in [4.69, 9.17) is 0 Å². The molecule has 184 valence electrons. The van der Waals surface area contributed by atoms with Crippen LogP contribution in [0.15, 0.2) is 65.6 Å². The van der Waals surface area contributed by atoms with Crippen LogP contribution in [-0.2, 0) is 26.2 Å². The Morgan fingerprint density at radius 1 is 1.06 bits per heavy atom. The second kappa shape index (κ2) is 10.1. The third-order valence-electron chi connectivity index (χ3n) is 6.39. The van der Waals surface area contributed by atoms with Crippen LogP contribution in [-0.4, -0.2) is 44.3 Å². The molecule has 3 aromatic carbocycles. The highest BCUT2D eigenvalue weighted by Crippen LogP contribution is 2.42. The molecule has 0 aliphatic carbocycles. The van der Waals surface area contributed by atoms with Crippen molar-refractivity contribution in [2.75, 3.05) is 17.4 Å². The summed E-state index contributed by atoms with van der Waals surface area (Å²) in [7, 11) is -3.66. The van der Waals surface area contributed by atoms with E-state index in [0.29, 0.717) is 30.1 Å². The molecule has 0 bridgehead atoms. The van der Waals surface area contributed by atoms with Gasteiger partial charge in [-0.2, -0.15) is 0 Å². The van der Waals surface area contributed by atoms with Gasteiger partial charge in [0.25, 0.3) is 10.0 Å². The summed E-state index contributed by atoms with van der Waals surface area (Å²) < 4.78 is 27.8. The molecule has 3 aromatic rings. The van der Waals surface area contributed by atoms with Crippen molar-refractivity contribution >= 4 is 38.3 Å². The highest BCUT2D eigenvalue weighted by molar-refractivity contribution is 7.93. The molecule has 7 nitrogen and oxygen atoms in total. The van der Waals surface area contributed by atoms with Crippen LogP contribution in [0.3, 0.4) is 0 Å². The van der Waals surface area contributed by atoms with Gasteiger partial charge in [0.1, 0.15) is 6.04 Å². The lowest BCUT2D eigenvalue weighted by Gasteiger charge is -2.29. The van der Waals surface area contributed by atoms with E-state index >= 15 is 0 Å². The molecule has 0 spiro atoms. The summed E-state index contributed by atoms with van der Waals surface area (Å²) in [5.74, 6) is -0.393. The van der Waals surface area contributed by atoms with Crippen LogP contribution in [0, 0.1) is 6.92 Å². The minimum absolute atomic E-state index is 0.133. The first-order valence-electron chi connectivity index (χ1n) is 11.9. The van der Waals surface area contributed by atoms with Gasteiger partial charge in [-0.3, -0.25) is 13.9 Å². The first-order valence-corrected chi connectivity index (χ1v) is 13.3. The second-order valence-corrected chi connectivity index (χ2v) is 10.7. The third kappa shape index (κ3) is 4.89. The molecule has 0 saturated carbocycles. The zero-order chi connectivity index (χ0) is 25.2. The summed E-state index contributed by atoms with van der Waals surface area (Å²) in [6.07, 6.45) is 0.475. The Kier molecular flexibility index (Phi) is 7.12. The smallest absolute Gasteiger partial charge is 0.265 e. The van der Waals surface area contributed by atoms with Crippen molar-refractivity contribution in [1.29, 1.82) is 0 Å². The minimum Gasteiger partial charge on any atom is -0.355 e. The SMILES string of the molecule is CCNC(=O)[C@@H](C)N(Cc1cccc(C)c1)C(=O)CCCN1c2cccc3cccc(c23)S1(=O)=O. The number of nitrogens with zero attached hydrogens (tertiary/aromatic N) is 2. The predicted octanol–water partition coefficient (Wildman–Crippen LogP) is 3.99. The van der Waals surface area contributed by atoms with Crippen LogP contribution in [0.25, 0.3) is 10.8 Å². The van der Waals surface area contributed by atoms with Crippen molar-refractivity contribution in [1.82, 2.24) is 10.2 Å². The average Bonchev–Trinajstić information content (AvgIpc) is 3.05. The van der Waals surface area contributed by atoms with Crippen LogP contribution in [0.2, 0.25) is 0 Å². The number of rotatable bonds is 9. The molecule has 1 N–H and O–H groups in total. The number of carbonyl (C=O) groups excluding carboxylic acids is 2. The number of benzene rings is 3. The quantitative estimate of drug-likeness (QED) is 0.488. The zero-order valence-electron chi connectivity index (χ0n) is 20.3. The minimum atomic E-state index is -3.66. The lowest BCUT2D eigenvalue weighted by atomic mass is 10.1. The molecule has 4 rings (SSSR count). The van der Waals surface area contributed by atoms with E-state index in [0.717, 1.165) is 21.9 Å². The first-order chi connectivity index (χ1) is 16.7. The van der Waals surface area contributed by atoms with E-state index in [1.54, 1.807) is 30.0 Å². The number of anilines is 1. The molecule has 35 heavy (non-hydrogen) atoms. The molecule has 0 saturated heterocycles. The third-order valence-corrected chi connectivity index (χ3v) is 8.24. The van der Waals surface area contributed by atoms with Crippen LogP contribution in [0.1, 0.15) is 37.8 Å². The van der Waals surface area contributed by atoms with Crippen LogP contribution in [0.5, 0.6) is 0 Å². The van der Waals surface area contributed by atoms with Gasteiger partial charge < -0.3 is 10.2 Å². The van der Waals surface area contributed by atoms with Gasteiger partial charge in [-0.1, -0.05) is 54.1 Å². The highest BCUT2D eigenvalue weighted by atomic mass is 32.2. The largest absolute Gasteiger partial charge is 0.355 e. The molecule has 2 amide bonds. The molecule has 1 aliphatic rings. The van der Waals surface area contributed by atoms with Gasteiger partial charge in [0.05, 0.1) is 10.6 Å². The summed E-state index contributed by atoms with van der Waals surface area (Å²) in [4.78, 5) is 27.7. The Morgan fingerprint density at radius 3 is 2.49 bits per heavy atom. The number of likely N-dealkylation sites (N-methyl/N-ethyl adjacent to an activating group) is 1. The summed E-state index contributed by atoms with van der Waals surface area (Å²) in [6.45, 7) is 6.53. The summed E-state index contributed by atoms with van der Waals surface area (Å²) in [5, 5.41) is 4.40. The molecule has 0 aromatic heterocycles. The first kappa shape index (κ1) is 24.7. The fraction of sp³-hybridized carbons (Fsp3) is 0.333. The number of carbonyl (C=O) groups is 2. The van der Waals surface area contributed by atoms with Crippen molar-refractivity contribution in [3.05, 3.63) is 71.8 Å². The summed E-state index contributed by atoms with van der Waals surface area (Å²) in [6, 6.07) is 18.0. The van der Waals surface area contributed by atoms with E-state index in [1.807, 2.05) is 56.3 Å². The molecule has 0 fully saturated rings. The standard InChI is InChI=1S/C27H31N3O4S/c1-4-28-27(32)20(3)29(18-21-10-5-9-19(2)17-21)25(31)15-8-16-30-23-13-6-11-22-12-7-14-24(26(22)23)35(30,33)34/h5-7,9-14,17,20H,4,8,15-16,18H2,1-3H3,(H,28,32)/t20-/m1/s1. The van der Waals surface area contributed by atoms with Gasteiger partial charge in [0, 0.05) is 31.4 Å². The zero-order valence-corrected chi connectivity index (χ0v) is 21.1. The Bertz CT molecular complexity index is 1360. The molecule has 0 unspecified atom stereocenters. The molecule has 0 radical (unpaired) electrons. The van der Waals surface area contributed by atoms with Crippen LogP contribution < -0.4 is 9.62 Å². The number of aryl methyl sites for hydroxylation is 1. The molecular weight excluding hydrogens is 462 g/mol. The van der Waals surface area contributed by atoms with Crippen molar-refractivity contribution in [2.45, 2.75) is 51.1 Å². The lowest BCUT2D eigenvalue weighted by Crippen LogP contribution is -2.47. The Morgan fingerprint density at radius 2 is 1.77 bits per heavy atom. The molecule has 1 atom stereocenters. The lowest BCUT2D eigenvalue weighted by molar-refractivity contribution is -0.140. The normalized spacial score (nSPS) is 14.7. The average molecular weight is 494 g/mol. The van der Waals surface area contributed by atoms with Crippen molar-refractivity contribution < 1.29 is 18.0 Å². The number of sulfonamides is 1. The monoisotopic (exact) mass is 493 g/mol. The molecular formula is C27H31N3O4S. The van der Waals surface area contributed by atoms with E-state index in [1.165, 1.54) is 4.31 Å². The number of nitrogens with one attached hydrogen (secondary N) is 1. The molecule has 1 aliphatic heterocycles. The van der Waals surface area contributed by atoms with Gasteiger partial charge in [-0.15, -0.1) is 0 Å². The van der Waals surface area contributed by atoms with E-state index in [2.05, 4.69) is 5.32 Å². The maximum atomic E-state index is 13.3. The van der Waals surface area contributed by atoms with E-state index in [9.17, 15) is 18.0 Å². The Balaban J connectivity index is 1.50. The number of hydrogen-bond donors (Lipinski definition) is 1. The Labute approximate surface area is 206 Å². The summed E-state index contributed by atoms with van der Waals surface area (Å²) >= 11 is 0. The van der Waals surface area contributed by atoms with Crippen LogP contribution in [0.4, 0.5) is 5.69 Å².